The number of para-hydroxylation sites is 1. The predicted octanol–water partition coefficient (Wildman–Crippen LogP) is 10.1. The van der Waals surface area contributed by atoms with Crippen molar-refractivity contribution >= 4 is 32.9 Å². The van der Waals surface area contributed by atoms with Gasteiger partial charge in [-0.05, 0) is 33.7 Å². The van der Waals surface area contributed by atoms with Crippen LogP contribution in [0.25, 0.3) is 21.5 Å². The summed E-state index contributed by atoms with van der Waals surface area (Å²) in [6.45, 7) is 7.44. The van der Waals surface area contributed by atoms with Crippen LogP contribution in [0.15, 0.2) is 175 Å². The number of aliphatic hydroxyl groups is 1. The van der Waals surface area contributed by atoms with E-state index in [0.717, 1.165) is 55.0 Å². The van der Waals surface area contributed by atoms with Gasteiger partial charge in [0.05, 0.1) is 11.4 Å². The van der Waals surface area contributed by atoms with Crippen molar-refractivity contribution in [3.63, 3.8) is 0 Å². The topological polar surface area (TPSA) is 32.6 Å². The first kappa shape index (κ1) is 31.7. The normalized spacial score (nSPS) is 15.4. The molecule has 1 unspecified atom stereocenters. The molecule has 45 heavy (non-hydrogen) atoms. The van der Waals surface area contributed by atoms with Gasteiger partial charge in [0.1, 0.15) is 0 Å². The Morgan fingerprint density at radius 3 is 1.51 bits per heavy atom. The van der Waals surface area contributed by atoms with Gasteiger partial charge >= 0.3 is 26.2 Å². The molecule has 1 aliphatic carbocycles. The maximum absolute atomic E-state index is 12.5. The van der Waals surface area contributed by atoms with Crippen molar-refractivity contribution in [1.82, 2.24) is 0 Å². The number of benzene rings is 7. The molecule has 3 heteroatoms. The zero-order chi connectivity index (χ0) is 30.4. The van der Waals surface area contributed by atoms with E-state index in [1.54, 1.807) is 0 Å². The Morgan fingerprint density at radius 1 is 0.467 bits per heavy atom. The molecule has 2 nitrogen and oxygen atoms in total. The smallest absolute Gasteiger partial charge is 0.374 e. The van der Waals surface area contributed by atoms with Crippen LogP contribution in [0.3, 0.4) is 0 Å². The quantitative estimate of drug-likeness (QED) is 0.184. The molecule has 0 saturated carbocycles. The van der Waals surface area contributed by atoms with Crippen molar-refractivity contribution in [3.8, 4) is 0 Å². The van der Waals surface area contributed by atoms with Crippen molar-refractivity contribution in [3.05, 3.63) is 212 Å². The van der Waals surface area contributed by atoms with Gasteiger partial charge in [0.15, 0.2) is 5.60 Å². The van der Waals surface area contributed by atoms with E-state index in [2.05, 4.69) is 50.2 Å². The Morgan fingerprint density at radius 2 is 0.933 bits per heavy atom. The van der Waals surface area contributed by atoms with Crippen molar-refractivity contribution in [2.24, 2.45) is 4.99 Å². The van der Waals surface area contributed by atoms with Gasteiger partial charge in [-0.1, -0.05) is 109 Å². The Hall–Kier alpha value is -4.69. The zero-order valence-corrected chi connectivity index (χ0v) is 27.4. The molecular formula is C42H33NOZr. The second-order valence-electron chi connectivity index (χ2n) is 10.7. The molecule has 1 aliphatic rings. The van der Waals surface area contributed by atoms with Gasteiger partial charge in [0, 0.05) is 16.7 Å². The summed E-state index contributed by atoms with van der Waals surface area (Å²) < 4.78 is 0. The molecule has 0 aliphatic heterocycles. The fourth-order valence-electron chi connectivity index (χ4n) is 5.70. The molecule has 0 aromatic heterocycles. The fraction of sp³-hybridized carbons (Fsp3) is 0.0238. The number of hydrogen-bond acceptors (Lipinski definition) is 2. The van der Waals surface area contributed by atoms with Crippen molar-refractivity contribution in [2.75, 3.05) is 0 Å². The first-order valence-corrected chi connectivity index (χ1v) is 14.7. The average Bonchev–Trinajstić information content (AvgIpc) is 3.32. The SMILES string of the molecule is OC1(c2cccc3ccccc23)C(=Nc2ccccc2)c2cccc3cccc1c23.[CH2-]c1ccccc1.[CH2-]c1ccccc1.[Zr+2]. The maximum Gasteiger partial charge on any atom is 2.00 e. The minimum Gasteiger partial charge on any atom is -0.374 e. The maximum atomic E-state index is 12.5. The average molecular weight is 659 g/mol. The summed E-state index contributed by atoms with van der Waals surface area (Å²) in [7, 11) is 0. The third-order valence-corrected chi connectivity index (χ3v) is 7.75. The molecule has 0 spiro atoms. The molecule has 0 saturated heterocycles. The largest absolute Gasteiger partial charge is 2.00 e. The molecule has 7 aromatic carbocycles. The van der Waals surface area contributed by atoms with Gasteiger partial charge in [-0.25, -0.2) is 4.99 Å². The second-order valence-corrected chi connectivity index (χ2v) is 10.7. The van der Waals surface area contributed by atoms with E-state index in [1.165, 1.54) is 0 Å². The molecule has 0 bridgehead atoms. The fourth-order valence-corrected chi connectivity index (χ4v) is 5.70. The van der Waals surface area contributed by atoms with Crippen molar-refractivity contribution in [2.45, 2.75) is 5.60 Å². The van der Waals surface area contributed by atoms with Gasteiger partial charge in [0.2, 0.25) is 0 Å². The van der Waals surface area contributed by atoms with Crippen LogP contribution in [0.2, 0.25) is 0 Å². The van der Waals surface area contributed by atoms with E-state index >= 15 is 0 Å². The number of hydrogen-bond donors (Lipinski definition) is 1. The number of rotatable bonds is 2. The Balaban J connectivity index is 0.000000221. The van der Waals surface area contributed by atoms with Crippen LogP contribution in [0, 0.1) is 13.8 Å². The molecule has 0 fully saturated rings. The van der Waals surface area contributed by atoms with E-state index in [0.29, 0.717) is 5.71 Å². The second kappa shape index (κ2) is 14.4. The molecule has 216 valence electrons. The predicted molar refractivity (Wildman–Crippen MR) is 185 cm³/mol. The molecule has 8 rings (SSSR count). The molecule has 0 amide bonds. The van der Waals surface area contributed by atoms with Crippen molar-refractivity contribution < 1.29 is 31.3 Å². The minimum atomic E-state index is -1.33. The number of nitrogens with zero attached hydrogens (tertiary/aromatic N) is 1. The third-order valence-electron chi connectivity index (χ3n) is 7.75. The van der Waals surface area contributed by atoms with E-state index in [-0.39, 0.29) is 26.2 Å². The third kappa shape index (κ3) is 6.71. The minimum absolute atomic E-state index is 0. The van der Waals surface area contributed by atoms with E-state index < -0.39 is 5.60 Å². The Labute approximate surface area is 284 Å². The monoisotopic (exact) mass is 657 g/mol. The zero-order valence-electron chi connectivity index (χ0n) is 25.0. The Bertz CT molecular complexity index is 1990. The molecule has 0 radical (unpaired) electrons. The summed E-state index contributed by atoms with van der Waals surface area (Å²) in [5, 5.41) is 16.8. The number of aliphatic imine (C=N–C) groups is 1. The Kier molecular flexibility index (Phi) is 10.2. The van der Waals surface area contributed by atoms with Crippen LogP contribution in [-0.2, 0) is 31.8 Å². The van der Waals surface area contributed by atoms with Gasteiger partial charge in [0.25, 0.3) is 0 Å². The molecule has 7 aromatic rings. The van der Waals surface area contributed by atoms with Crippen molar-refractivity contribution in [1.29, 1.82) is 0 Å². The van der Waals surface area contributed by atoms with E-state index in [4.69, 9.17) is 4.99 Å². The van der Waals surface area contributed by atoms with E-state index in [1.807, 2.05) is 133 Å². The summed E-state index contributed by atoms with van der Waals surface area (Å²) in [5.74, 6) is 0. The van der Waals surface area contributed by atoms with Gasteiger partial charge < -0.3 is 5.11 Å². The summed E-state index contributed by atoms with van der Waals surface area (Å²) in [6.07, 6.45) is 0. The standard InChI is InChI=1S/C28H19NO.2C7H7.Zr/c30-28(24-17-7-10-19-9-4-5-15-22(19)24)25-18-8-12-20-11-6-16-23(26(20)25)27(28)29-21-13-2-1-3-14-21;2*1-7-5-3-2-4-6-7;/h1-18,30H;2*2-6H,1H2;/q;2*-1;+2. The summed E-state index contributed by atoms with van der Waals surface area (Å²) in [6, 6.07) is 56.3. The van der Waals surface area contributed by atoms with Crippen LogP contribution in [0.5, 0.6) is 0 Å². The van der Waals surface area contributed by atoms with Crippen LogP contribution < -0.4 is 0 Å². The first-order chi connectivity index (χ1) is 21.6. The molecular weight excluding hydrogens is 626 g/mol. The van der Waals surface area contributed by atoms with Crippen LogP contribution >= 0.6 is 0 Å². The first-order valence-electron chi connectivity index (χ1n) is 14.7. The van der Waals surface area contributed by atoms with Crippen LogP contribution in [0.4, 0.5) is 5.69 Å². The van der Waals surface area contributed by atoms with Gasteiger partial charge in [-0.2, -0.15) is 49.2 Å². The van der Waals surface area contributed by atoms with Gasteiger partial charge in [-0.15, -0.1) is 24.3 Å². The van der Waals surface area contributed by atoms with Gasteiger partial charge in [-0.3, -0.25) is 0 Å². The molecule has 0 heterocycles. The summed E-state index contributed by atoms with van der Waals surface area (Å²) >= 11 is 0. The van der Waals surface area contributed by atoms with Crippen LogP contribution in [0.1, 0.15) is 27.8 Å². The van der Waals surface area contributed by atoms with E-state index in [9.17, 15) is 5.11 Å². The van der Waals surface area contributed by atoms with Crippen LogP contribution in [-0.4, -0.2) is 10.8 Å². The molecule has 1 atom stereocenters. The summed E-state index contributed by atoms with van der Waals surface area (Å²) in [4.78, 5) is 5.00. The number of fused-ring (bicyclic) bond motifs is 1. The molecule has 1 N–H and O–H groups in total. The summed E-state index contributed by atoms with van der Waals surface area (Å²) in [5.41, 5.74) is 5.06.